The lowest BCUT2D eigenvalue weighted by Gasteiger charge is -2.31. The van der Waals surface area contributed by atoms with E-state index in [9.17, 15) is 52.1 Å². The smallest absolute Gasteiger partial charge is 0.290 e. The Morgan fingerprint density at radius 3 is 2.11 bits per heavy atom. The van der Waals surface area contributed by atoms with Crippen molar-refractivity contribution in [2.24, 2.45) is 17.8 Å². The summed E-state index contributed by atoms with van der Waals surface area (Å²) in [5.74, 6) is -6.87. The Morgan fingerprint density at radius 2 is 1.52 bits per heavy atom. The molecule has 22 heteroatoms. The van der Waals surface area contributed by atoms with Gasteiger partial charge in [-0.2, -0.15) is 0 Å². The topological polar surface area (TPSA) is 295 Å². The molecule has 334 valence electrons. The highest BCUT2D eigenvalue weighted by Crippen LogP contribution is 2.28. The van der Waals surface area contributed by atoms with Crippen molar-refractivity contribution in [3.63, 3.8) is 0 Å². The second-order valence-corrected chi connectivity index (χ2v) is 17.4. The largest absolute Gasteiger partial charge is 0.344 e. The van der Waals surface area contributed by atoms with Crippen molar-refractivity contribution < 1.29 is 46.9 Å². The molecule has 5 atom stereocenters. The van der Waals surface area contributed by atoms with Gasteiger partial charge in [-0.3, -0.25) is 48.7 Å². The molecule has 0 saturated heterocycles. The van der Waals surface area contributed by atoms with Crippen LogP contribution in [0.1, 0.15) is 103 Å². The summed E-state index contributed by atoms with van der Waals surface area (Å²) in [6.07, 6.45) is 9.23. The summed E-state index contributed by atoms with van der Waals surface area (Å²) in [5, 5.41) is 23.6. The van der Waals surface area contributed by atoms with Crippen LogP contribution < -0.4 is 31.3 Å². The number of benzene rings is 1. The molecule has 6 amide bonds. The van der Waals surface area contributed by atoms with Gasteiger partial charge < -0.3 is 26.6 Å². The molecule has 0 aliphatic heterocycles. The van der Waals surface area contributed by atoms with Crippen molar-refractivity contribution in [3.8, 4) is 0 Å². The first-order valence-electron chi connectivity index (χ1n) is 20.1. The second-order valence-electron chi connectivity index (χ2n) is 15.3. The Bertz CT molecular complexity index is 2030. The number of rotatable bonds is 22. The summed E-state index contributed by atoms with van der Waals surface area (Å²) < 4.78 is 27.0. The molecule has 1 aliphatic carbocycles. The minimum absolute atomic E-state index is 0.000925. The van der Waals surface area contributed by atoms with E-state index in [4.69, 9.17) is 11.6 Å². The van der Waals surface area contributed by atoms with Gasteiger partial charge in [-0.05, 0) is 49.1 Å². The van der Waals surface area contributed by atoms with E-state index in [1.165, 1.54) is 25.5 Å². The molecule has 20 nitrogen and oxygen atoms in total. The quantitative estimate of drug-likeness (QED) is 0.0563. The van der Waals surface area contributed by atoms with Gasteiger partial charge in [0.05, 0.1) is 28.6 Å². The standard InChI is InChI=1S/C39H54ClN9O11S/c1-6-23(5)33(47-36(53)28(17-22(3)4)45-37(54)30-20-41-15-16-42-30)38(55)46-29(18-24-11-9-8-10-12-24)35(52)44-27(7-2)34(51)39(56)43-21-32(50)48-61(59,60)25-13-14-26(40)31(19-25)49(57)58/h13-16,19-20,22-24,27-29,33H,6-12,17-18,21H2,1-5H3,(H,43,56)(H,44,52)(H,45,54)(H,46,55)(H,47,53)(H,48,50)/t23-,27?,28-,29-,33-/m0/s1. The van der Waals surface area contributed by atoms with Gasteiger partial charge in [-0.15, -0.1) is 0 Å². The van der Waals surface area contributed by atoms with Crippen molar-refractivity contribution >= 4 is 68.5 Å². The number of Topliss-reactive ketones (excluding diaryl/α,β-unsaturated/α-hetero) is 1. The number of hydrogen-bond acceptors (Lipinski definition) is 13. The number of aromatic nitrogens is 2. The monoisotopic (exact) mass is 891 g/mol. The van der Waals surface area contributed by atoms with Gasteiger partial charge in [0.15, 0.2) is 0 Å². The molecule has 1 fully saturated rings. The normalized spacial score (nSPS) is 15.5. The van der Waals surface area contributed by atoms with E-state index in [-0.39, 0.29) is 41.8 Å². The molecule has 1 saturated carbocycles. The molecule has 1 aromatic heterocycles. The van der Waals surface area contributed by atoms with Crippen LogP contribution in [-0.2, 0) is 38.8 Å². The van der Waals surface area contributed by atoms with Crippen LogP contribution >= 0.6 is 11.6 Å². The number of hydrogen-bond donors (Lipinski definition) is 6. The van der Waals surface area contributed by atoms with Crippen LogP contribution in [0, 0.1) is 27.9 Å². The lowest BCUT2D eigenvalue weighted by molar-refractivity contribution is -0.384. The maximum atomic E-state index is 14.1. The van der Waals surface area contributed by atoms with E-state index < -0.39 is 103 Å². The maximum Gasteiger partial charge on any atom is 0.290 e. The fraction of sp³-hybridized carbons (Fsp3) is 0.564. The summed E-state index contributed by atoms with van der Waals surface area (Å²) in [6, 6.07) is -2.25. The van der Waals surface area contributed by atoms with Crippen LogP contribution in [0.5, 0.6) is 0 Å². The average Bonchev–Trinajstić information content (AvgIpc) is 3.22. The maximum absolute atomic E-state index is 14.1. The number of nitro benzene ring substituents is 1. The zero-order chi connectivity index (χ0) is 45.4. The van der Waals surface area contributed by atoms with E-state index in [1.54, 1.807) is 11.6 Å². The lowest BCUT2D eigenvalue weighted by Crippen LogP contribution is -2.60. The molecule has 1 heterocycles. The van der Waals surface area contributed by atoms with Crippen LogP contribution in [0.4, 0.5) is 5.69 Å². The van der Waals surface area contributed by atoms with Crippen molar-refractivity contribution in [3.05, 3.63) is 57.6 Å². The summed E-state index contributed by atoms with van der Waals surface area (Å²) in [6.45, 7) is 7.83. The van der Waals surface area contributed by atoms with Crippen LogP contribution in [-0.4, -0.2) is 95.2 Å². The first-order chi connectivity index (χ1) is 28.8. The minimum Gasteiger partial charge on any atom is -0.344 e. The van der Waals surface area contributed by atoms with Crippen LogP contribution in [0.25, 0.3) is 0 Å². The fourth-order valence-corrected chi connectivity index (χ4v) is 7.82. The van der Waals surface area contributed by atoms with Crippen molar-refractivity contribution in [2.75, 3.05) is 6.54 Å². The molecule has 1 aromatic carbocycles. The molecular formula is C39H54ClN9O11S. The number of carbonyl (C=O) groups is 7. The molecule has 2 aromatic rings. The van der Waals surface area contributed by atoms with Gasteiger partial charge in [0.25, 0.3) is 33.4 Å². The molecule has 1 unspecified atom stereocenters. The van der Waals surface area contributed by atoms with Crippen molar-refractivity contribution in [1.29, 1.82) is 0 Å². The second kappa shape index (κ2) is 23.4. The molecular weight excluding hydrogens is 838 g/mol. The summed E-state index contributed by atoms with van der Waals surface area (Å²) in [5.41, 5.74) is -0.722. The molecule has 0 bridgehead atoms. The number of amides is 6. The Morgan fingerprint density at radius 1 is 0.869 bits per heavy atom. The first kappa shape index (κ1) is 49.8. The third-order valence-corrected chi connectivity index (χ3v) is 11.9. The first-order valence-corrected chi connectivity index (χ1v) is 21.9. The minimum atomic E-state index is -4.65. The summed E-state index contributed by atoms with van der Waals surface area (Å²) >= 11 is 5.73. The lowest BCUT2D eigenvalue weighted by atomic mass is 9.84. The zero-order valence-corrected chi connectivity index (χ0v) is 36.3. The highest BCUT2D eigenvalue weighted by Gasteiger charge is 2.36. The van der Waals surface area contributed by atoms with Gasteiger partial charge in [-0.1, -0.05) is 84.7 Å². The van der Waals surface area contributed by atoms with E-state index in [0.717, 1.165) is 44.2 Å². The van der Waals surface area contributed by atoms with Gasteiger partial charge >= 0.3 is 0 Å². The van der Waals surface area contributed by atoms with Crippen LogP contribution in [0.15, 0.2) is 41.7 Å². The molecule has 61 heavy (non-hydrogen) atoms. The van der Waals surface area contributed by atoms with Crippen molar-refractivity contribution in [2.45, 2.75) is 121 Å². The molecule has 3 rings (SSSR count). The average molecular weight is 892 g/mol. The molecule has 0 spiro atoms. The van der Waals surface area contributed by atoms with Gasteiger partial charge in [0.1, 0.15) is 28.8 Å². The molecule has 0 radical (unpaired) electrons. The predicted octanol–water partition coefficient (Wildman–Crippen LogP) is 2.25. The van der Waals surface area contributed by atoms with Crippen LogP contribution in [0.2, 0.25) is 5.02 Å². The van der Waals surface area contributed by atoms with Gasteiger partial charge in [-0.25, -0.2) is 18.1 Å². The highest BCUT2D eigenvalue weighted by atomic mass is 35.5. The number of ketones is 1. The highest BCUT2D eigenvalue weighted by molar-refractivity contribution is 7.90. The summed E-state index contributed by atoms with van der Waals surface area (Å²) in [4.78, 5) is 111. The predicted molar refractivity (Wildman–Crippen MR) is 221 cm³/mol. The Balaban J connectivity index is 1.73. The Labute approximate surface area is 359 Å². The van der Waals surface area contributed by atoms with Gasteiger partial charge in [0.2, 0.25) is 23.5 Å². The molecule has 1 aliphatic rings. The number of sulfonamides is 1. The number of carbonyl (C=O) groups excluding carboxylic acids is 7. The van der Waals surface area contributed by atoms with Gasteiger partial charge in [0, 0.05) is 18.5 Å². The van der Waals surface area contributed by atoms with Crippen LogP contribution in [0.3, 0.4) is 0 Å². The number of halogens is 1. The van der Waals surface area contributed by atoms with E-state index in [1.807, 2.05) is 26.1 Å². The third kappa shape index (κ3) is 15.1. The fourth-order valence-electron chi connectivity index (χ4n) is 6.63. The summed E-state index contributed by atoms with van der Waals surface area (Å²) in [7, 11) is -4.65. The molecule has 6 N–H and O–H groups in total. The van der Waals surface area contributed by atoms with E-state index >= 15 is 0 Å². The number of nitrogens with zero attached hydrogens (tertiary/aromatic N) is 3. The van der Waals surface area contributed by atoms with E-state index in [0.29, 0.717) is 12.5 Å². The SMILES string of the molecule is CCC(NC(=O)[C@H](CC1CCCCC1)NC(=O)[C@@H](NC(=O)[C@H](CC(C)C)NC(=O)c1cnccn1)[C@@H](C)CC)C(=O)C(=O)NCC(=O)NS(=O)(=O)c1ccc(Cl)c([N+](=O)[O-])c1. The third-order valence-electron chi connectivity index (χ3n) is 10.2. The number of nitro groups is 1. The Hall–Kier alpha value is -5.57. The van der Waals surface area contributed by atoms with E-state index in [2.05, 4.69) is 31.2 Å². The van der Waals surface area contributed by atoms with Crippen molar-refractivity contribution in [1.82, 2.24) is 41.3 Å². The zero-order valence-electron chi connectivity index (χ0n) is 34.7. The number of nitrogens with one attached hydrogen (secondary N) is 6. The Kier molecular flexibility index (Phi) is 19.1.